The molecule has 12 heterocycles. The van der Waals surface area contributed by atoms with E-state index in [0.717, 1.165) is 123 Å². The van der Waals surface area contributed by atoms with Crippen LogP contribution in [0.1, 0.15) is 22.3 Å². The Hall–Kier alpha value is -14.5. The summed E-state index contributed by atoms with van der Waals surface area (Å²) in [6, 6.07) is 150. The fourth-order valence-electron chi connectivity index (χ4n) is 17.0. The van der Waals surface area contributed by atoms with Crippen molar-refractivity contribution in [2.75, 3.05) is 9.80 Å². The van der Waals surface area contributed by atoms with E-state index in [1.807, 2.05) is 176 Å². The average molecular weight is 2730 g/mol. The molecule has 0 aliphatic carbocycles. The normalized spacial score (nSPS) is 11.0. The summed E-state index contributed by atoms with van der Waals surface area (Å²) >= 11 is 8.01. The van der Waals surface area contributed by atoms with Crippen LogP contribution in [0.2, 0.25) is 0 Å². The van der Waals surface area contributed by atoms with Crippen molar-refractivity contribution >= 4 is 95.5 Å². The Morgan fingerprint density at radius 3 is 1.17 bits per heavy atom. The molecule has 0 unspecified atom stereocenters. The predicted molar refractivity (Wildman–Crippen MR) is 583 cm³/mol. The molecule has 0 fully saturated rings. The minimum absolute atomic E-state index is 0.461. The number of aromatic nitrogens is 8. The van der Waals surface area contributed by atoms with Gasteiger partial charge in [0.2, 0.25) is 11.8 Å². The Morgan fingerprint density at radius 1 is 0.279 bits per heavy atom. The Kier molecular flexibility index (Phi) is 37.1. The second-order valence-corrected chi connectivity index (χ2v) is 33.7. The zero-order valence-electron chi connectivity index (χ0n) is 78.3. The van der Waals surface area contributed by atoms with Gasteiger partial charge in [-0.2, -0.15) is 0 Å². The molecular weight excluding hydrogens is 2650 g/mol. The summed E-state index contributed by atoms with van der Waals surface area (Å²) in [4.78, 5) is 41.4. The molecule has 0 bridgehead atoms. The van der Waals surface area contributed by atoms with Crippen LogP contribution in [0.4, 0.5) is 34.4 Å². The summed E-state index contributed by atoms with van der Waals surface area (Å²) in [5.74, 6) is 5.78. The van der Waals surface area contributed by atoms with E-state index >= 15 is 0 Å². The molecule has 2 aliphatic rings. The number of rotatable bonds is 18. The van der Waals surface area contributed by atoms with Crippen molar-refractivity contribution in [3.63, 3.8) is 0 Å². The maximum absolute atomic E-state index is 6.11. The molecule has 2 aliphatic heterocycles. The minimum Gasteiger partial charge on any atom is -0.542 e. The van der Waals surface area contributed by atoms with Crippen LogP contribution in [0, 0.1) is 38.1 Å². The molecule has 0 saturated carbocycles. The zero-order valence-corrected chi connectivity index (χ0v) is 91.3. The molecule has 23 heteroatoms. The average Bonchev–Trinajstić information content (AvgIpc) is 1.76. The van der Waals surface area contributed by atoms with Crippen LogP contribution in [0.5, 0.6) is 34.8 Å². The van der Waals surface area contributed by atoms with Gasteiger partial charge in [-0.15, -0.1) is 65.7 Å². The number of hydrogen-bond acceptors (Lipinski definition) is 15. The van der Waals surface area contributed by atoms with Crippen LogP contribution in [-0.4, -0.2) is 39.9 Å². The number of hydrogen-bond donors (Lipinski definition) is 0. The fraction of sp³-hybridized carbons (Fsp3) is 0.0161. The van der Waals surface area contributed by atoms with Crippen molar-refractivity contribution in [1.29, 1.82) is 0 Å². The molecule has 22 aromatic rings. The minimum atomic E-state index is 0.461. The number of aryl methyl sites for hydroxylation is 2. The van der Waals surface area contributed by atoms with Gasteiger partial charge in [0.15, 0.2) is 17.3 Å². The maximum atomic E-state index is 6.11. The molecule has 0 atom stereocenters. The molecule has 0 amide bonds. The number of benzene rings is 12. The van der Waals surface area contributed by atoms with Gasteiger partial charge in [-0.05, 0) is 227 Å². The number of halogens is 4. The first kappa shape index (κ1) is 104. The van der Waals surface area contributed by atoms with Crippen LogP contribution >= 0.6 is 49.0 Å². The summed E-state index contributed by atoms with van der Waals surface area (Å²) in [5, 5.41) is 1.93. The van der Waals surface area contributed by atoms with E-state index in [0.29, 0.717) is 40.5 Å². The molecule has 0 saturated heterocycles. The number of nitrogens with zero attached hydrogens (tertiary/aromatic N) is 10. The predicted octanol–water partition coefficient (Wildman–Crippen LogP) is 35.2. The van der Waals surface area contributed by atoms with Crippen molar-refractivity contribution < 1.29 is 93.7 Å². The van der Waals surface area contributed by atoms with Crippen molar-refractivity contribution in [3.05, 3.63) is 508 Å². The first-order valence-electron chi connectivity index (χ1n) is 46.0. The largest absolute Gasteiger partial charge is 0.542 e. The number of ether oxygens (including phenoxy) is 3. The molecule has 10 aromatic heterocycles. The van der Waals surface area contributed by atoms with Crippen LogP contribution in [0.15, 0.2) is 466 Å². The summed E-state index contributed by atoms with van der Waals surface area (Å²) in [7, 11) is 18.4. The summed E-state index contributed by atoms with van der Waals surface area (Å²) in [6.07, 6.45) is 20.1. The summed E-state index contributed by atoms with van der Waals surface area (Å²) in [5.41, 5.74) is 32.4. The van der Waals surface area contributed by atoms with Crippen molar-refractivity contribution in [2.24, 2.45) is 0 Å². The number of fused-ring (bicyclic) bond motifs is 4. The molecule has 12 aromatic carbocycles. The smallest absolute Gasteiger partial charge is 0.216 e. The van der Waals surface area contributed by atoms with E-state index in [1.165, 1.54) is 67.5 Å². The zero-order chi connectivity index (χ0) is 101. The Balaban J connectivity index is 0.000000131. The molecule has 728 valence electrons. The number of pyridine rings is 8. The van der Waals surface area contributed by atoms with Crippen LogP contribution < -0.4 is 24.0 Å². The third-order valence-electron chi connectivity index (χ3n) is 23.7. The second kappa shape index (κ2) is 52.5. The van der Waals surface area contributed by atoms with Gasteiger partial charge in [0, 0.05) is 90.7 Å². The van der Waals surface area contributed by atoms with Crippen LogP contribution in [0.25, 0.3) is 146 Å². The van der Waals surface area contributed by atoms with Gasteiger partial charge >= 0.3 is 113 Å². The van der Waals surface area contributed by atoms with Crippen molar-refractivity contribution in [3.8, 4) is 168 Å². The Labute approximate surface area is 919 Å². The molecule has 0 N–H and O–H groups in total. The monoisotopic (exact) mass is 2730 g/mol. The molecule has 0 radical (unpaired) electrons. The van der Waals surface area contributed by atoms with E-state index in [9.17, 15) is 0 Å². The molecular formula is C124H84Cl4N10O4Pt4S. The fourth-order valence-corrected chi connectivity index (χ4v) is 17.7. The second-order valence-electron chi connectivity index (χ2n) is 32.8. The van der Waals surface area contributed by atoms with Crippen molar-refractivity contribution in [1.82, 2.24) is 39.9 Å². The van der Waals surface area contributed by atoms with Gasteiger partial charge in [0.1, 0.15) is 5.82 Å². The van der Waals surface area contributed by atoms with E-state index < -0.39 is 0 Å². The summed E-state index contributed by atoms with van der Waals surface area (Å²) < 4.78 is 23.2. The molecule has 147 heavy (non-hydrogen) atoms. The maximum Gasteiger partial charge on any atom is 0.216 e. The Morgan fingerprint density at radius 2 is 0.660 bits per heavy atom. The first-order valence-corrected chi connectivity index (χ1v) is 58.1. The van der Waals surface area contributed by atoms with Gasteiger partial charge < -0.3 is 48.4 Å². The number of anilines is 6. The van der Waals surface area contributed by atoms with Crippen molar-refractivity contribution in [2.45, 2.75) is 13.8 Å². The van der Waals surface area contributed by atoms with Gasteiger partial charge in [-0.3, -0.25) is 0 Å². The van der Waals surface area contributed by atoms with Gasteiger partial charge in [-0.25, -0.2) is 31.3 Å². The number of para-hydroxylation sites is 3. The van der Waals surface area contributed by atoms with Gasteiger partial charge in [0.25, 0.3) is 0 Å². The van der Waals surface area contributed by atoms with E-state index in [1.54, 1.807) is 117 Å². The van der Waals surface area contributed by atoms with E-state index in [-0.39, 0.29) is 0 Å². The quantitative estimate of drug-likeness (QED) is 0.0750. The van der Waals surface area contributed by atoms with Gasteiger partial charge in [-0.1, -0.05) is 301 Å². The first-order chi connectivity index (χ1) is 72.7. The summed E-state index contributed by atoms with van der Waals surface area (Å²) in [6.45, 7) is 4.34. The third kappa shape index (κ3) is 26.1. The Bertz CT molecular complexity index is 7990. The topological polar surface area (TPSA) is 150 Å². The van der Waals surface area contributed by atoms with E-state index in [2.05, 4.69) is 376 Å². The number of furan rings is 1. The van der Waals surface area contributed by atoms with Gasteiger partial charge in [0.05, 0.1) is 17.1 Å². The van der Waals surface area contributed by atoms with E-state index in [4.69, 9.17) is 28.6 Å². The molecule has 0 spiro atoms. The standard InChI is InChI=1S/C36H24N3.C34H22N3O.C28H21N2OS.C26H17N2O2.4ClH.4Pt/c1-2-8-26(9-3-1)27-15-17-28(18-16-27)31-21-23-37-34(25-31)32-11-6-13-33(24-32)39-35-14-5-4-10-29(35)19-20-30-12-7-22-38-36(30)39;1-2-8-24(9-3-1)25-15-17-26(18-16-25)27-19-21-35-30(23-27)28-10-6-11-29(22-28)37-31-12-4-5-13-32(31)38-33-14-7-20-36-34(33)37;1-19-14-23(21-8-4-3-5-9-21)15-20(2)28(19)22-11-13-29-25(16-22)26-17-24(18-32-26)31-27-10-6-7-12-30-27;1-2-6-19(7-3-1)20-9-11-21(12-10-20)22-13-15-27-24(16-22)25-17-23(18-29-25)30-26-8-4-5-14-28-26;;;;;;;;/h1-23,25H;1-21,23H;3-16,18H,1-2H3;1-16,18H;4*1H;;;;/q4*-1;;;;;4*+2/p-4. The SMILES string of the molecule is Cc1cc(-c2ccccc2)cc(C)c1-c1ccnc(-c2[c-]c(Oc3ccccn3)cs2)c1.[Cl][Pt+].[Cl][Pt+].[Cl][Pt+].[Cl][Pt+].[c-]1c(-c2cc(-c3ccc(-c4ccccc4)cc3)ccn2)cccc1N1c2ccccc2C=Cc2cccnc21.[c-]1c(-c2cc(-c3ccc(-c4ccccc4)cc3)ccn2)cccc1N1c2ccccc2Oc2cccnc21.[c-]1c(Oc2ccccn2)coc1-c1cc(-c2ccc(-c3ccccc3)cc2)ccn1. The van der Waals surface area contributed by atoms with Crippen LogP contribution in [-0.2, 0) is 75.1 Å². The van der Waals surface area contributed by atoms with Crippen LogP contribution in [0.3, 0.4) is 0 Å². The number of thiophene rings is 1. The molecule has 14 nitrogen and oxygen atoms in total. The molecule has 24 rings (SSSR count). The third-order valence-corrected chi connectivity index (χ3v) is 24.6.